The molecule has 0 fully saturated rings. The number of hydrogen-bond donors (Lipinski definition) is 2. The predicted molar refractivity (Wildman–Crippen MR) is 88.4 cm³/mol. The van der Waals surface area contributed by atoms with Gasteiger partial charge >= 0.3 is 0 Å². The minimum absolute atomic E-state index is 0.0684. The van der Waals surface area contributed by atoms with Crippen molar-refractivity contribution in [1.29, 1.82) is 0 Å². The third-order valence-electron chi connectivity index (χ3n) is 2.75. The van der Waals surface area contributed by atoms with Crippen LogP contribution in [0.5, 0.6) is 0 Å². The second-order valence-corrected chi connectivity index (χ2v) is 6.25. The van der Waals surface area contributed by atoms with Gasteiger partial charge in [-0.1, -0.05) is 6.07 Å². The van der Waals surface area contributed by atoms with Crippen molar-refractivity contribution in [2.75, 3.05) is 25.5 Å². The molecule has 0 aliphatic heterocycles. The Hall–Kier alpha value is -1.78. The number of guanidine groups is 1. The fourth-order valence-electron chi connectivity index (χ4n) is 1.84. The molecule has 1 rings (SSSR count). The number of benzene rings is 1. The van der Waals surface area contributed by atoms with E-state index in [0.717, 1.165) is 18.1 Å². The molecule has 0 aliphatic carbocycles. The van der Waals surface area contributed by atoms with Crippen LogP contribution in [-0.2, 0) is 6.54 Å². The number of aliphatic imine (C=N–C) groups is 1. The first-order valence-corrected chi connectivity index (χ1v) is 7.25. The minimum Gasteiger partial charge on any atom is -0.375 e. The molecular weight excluding hydrogens is 267 g/mol. The van der Waals surface area contributed by atoms with E-state index in [0.29, 0.717) is 12.2 Å². The number of rotatable bonds is 4. The van der Waals surface area contributed by atoms with Gasteiger partial charge in [-0.05, 0) is 45.4 Å². The Morgan fingerprint density at radius 2 is 1.95 bits per heavy atom. The van der Waals surface area contributed by atoms with Crippen molar-refractivity contribution in [3.8, 4) is 0 Å². The maximum absolute atomic E-state index is 13.9. The van der Waals surface area contributed by atoms with E-state index in [1.807, 2.05) is 27.1 Å². The zero-order chi connectivity index (χ0) is 16.0. The van der Waals surface area contributed by atoms with Crippen LogP contribution in [0.3, 0.4) is 0 Å². The van der Waals surface area contributed by atoms with E-state index in [9.17, 15) is 4.39 Å². The first kappa shape index (κ1) is 17.3. The van der Waals surface area contributed by atoms with Gasteiger partial charge in [0.25, 0.3) is 0 Å². The van der Waals surface area contributed by atoms with Crippen LogP contribution in [0.15, 0.2) is 23.2 Å². The van der Waals surface area contributed by atoms with Gasteiger partial charge < -0.3 is 15.5 Å². The van der Waals surface area contributed by atoms with Gasteiger partial charge in [-0.2, -0.15) is 0 Å². The molecule has 0 atom stereocenters. The first-order valence-electron chi connectivity index (χ1n) is 7.25. The van der Waals surface area contributed by atoms with Gasteiger partial charge in [-0.15, -0.1) is 0 Å². The molecule has 0 aromatic heterocycles. The SMILES string of the molecule is CCNC(=NCc1ccc(N(C)C)c(F)c1)NC(C)(C)C. The Morgan fingerprint density at radius 3 is 2.43 bits per heavy atom. The van der Waals surface area contributed by atoms with Gasteiger partial charge in [0.2, 0.25) is 0 Å². The Kier molecular flexibility index (Phi) is 6.00. The summed E-state index contributed by atoms with van der Waals surface area (Å²) in [6.45, 7) is 9.47. The number of hydrogen-bond acceptors (Lipinski definition) is 2. The van der Waals surface area contributed by atoms with Crippen LogP contribution in [0.1, 0.15) is 33.3 Å². The molecule has 0 amide bonds. The average Bonchev–Trinajstić information content (AvgIpc) is 2.34. The number of nitrogens with zero attached hydrogens (tertiary/aromatic N) is 2. The predicted octanol–water partition coefficient (Wildman–Crippen LogP) is 2.75. The molecule has 118 valence electrons. The average molecular weight is 294 g/mol. The van der Waals surface area contributed by atoms with Gasteiger partial charge in [-0.3, -0.25) is 0 Å². The largest absolute Gasteiger partial charge is 0.375 e. The summed E-state index contributed by atoms with van der Waals surface area (Å²) >= 11 is 0. The Balaban J connectivity index is 2.83. The van der Waals surface area contributed by atoms with E-state index in [4.69, 9.17) is 0 Å². The highest BCUT2D eigenvalue weighted by molar-refractivity contribution is 5.80. The molecule has 0 saturated carbocycles. The fraction of sp³-hybridized carbons (Fsp3) is 0.562. The molecular formula is C16H27FN4. The second kappa shape index (κ2) is 7.29. The van der Waals surface area contributed by atoms with Crippen LogP contribution in [-0.4, -0.2) is 32.1 Å². The van der Waals surface area contributed by atoms with E-state index in [-0.39, 0.29) is 11.4 Å². The highest BCUT2D eigenvalue weighted by Crippen LogP contribution is 2.18. The highest BCUT2D eigenvalue weighted by Gasteiger charge is 2.11. The molecule has 0 aliphatic rings. The normalized spacial score (nSPS) is 12.2. The van der Waals surface area contributed by atoms with E-state index < -0.39 is 0 Å². The van der Waals surface area contributed by atoms with Crippen LogP contribution >= 0.6 is 0 Å². The summed E-state index contributed by atoms with van der Waals surface area (Å²) in [5.41, 5.74) is 1.37. The first-order chi connectivity index (χ1) is 9.73. The molecule has 2 N–H and O–H groups in total. The molecule has 0 radical (unpaired) electrons. The van der Waals surface area contributed by atoms with Crippen molar-refractivity contribution in [3.05, 3.63) is 29.6 Å². The fourth-order valence-corrected chi connectivity index (χ4v) is 1.84. The number of nitrogens with one attached hydrogen (secondary N) is 2. The highest BCUT2D eigenvalue weighted by atomic mass is 19.1. The van der Waals surface area contributed by atoms with Crippen LogP contribution in [0, 0.1) is 5.82 Å². The maximum Gasteiger partial charge on any atom is 0.191 e. The van der Waals surface area contributed by atoms with Gasteiger partial charge in [0.15, 0.2) is 5.96 Å². The smallest absolute Gasteiger partial charge is 0.191 e. The molecule has 1 aromatic rings. The van der Waals surface area contributed by atoms with Gasteiger partial charge in [0.1, 0.15) is 5.82 Å². The van der Waals surface area contributed by atoms with Crippen molar-refractivity contribution in [2.24, 2.45) is 4.99 Å². The lowest BCUT2D eigenvalue weighted by Gasteiger charge is -2.23. The summed E-state index contributed by atoms with van der Waals surface area (Å²) < 4.78 is 13.9. The molecule has 21 heavy (non-hydrogen) atoms. The zero-order valence-corrected chi connectivity index (χ0v) is 13.9. The molecule has 0 heterocycles. The minimum atomic E-state index is -0.221. The number of halogens is 1. The topological polar surface area (TPSA) is 39.7 Å². The summed E-state index contributed by atoms with van der Waals surface area (Å²) in [5.74, 6) is 0.517. The summed E-state index contributed by atoms with van der Waals surface area (Å²) in [6, 6.07) is 5.23. The van der Waals surface area contributed by atoms with E-state index in [2.05, 4.69) is 36.4 Å². The van der Waals surface area contributed by atoms with Crippen molar-refractivity contribution in [3.63, 3.8) is 0 Å². The van der Waals surface area contributed by atoms with E-state index in [1.54, 1.807) is 17.0 Å². The molecule has 0 spiro atoms. The van der Waals surface area contributed by atoms with Crippen molar-refractivity contribution in [2.45, 2.75) is 39.8 Å². The molecule has 0 bridgehead atoms. The van der Waals surface area contributed by atoms with Crippen molar-refractivity contribution in [1.82, 2.24) is 10.6 Å². The Morgan fingerprint density at radius 1 is 1.29 bits per heavy atom. The van der Waals surface area contributed by atoms with Gasteiger partial charge in [-0.25, -0.2) is 9.38 Å². The molecule has 0 saturated heterocycles. The zero-order valence-electron chi connectivity index (χ0n) is 13.9. The number of anilines is 1. The summed E-state index contributed by atoms with van der Waals surface area (Å²) in [6.07, 6.45) is 0. The lowest BCUT2D eigenvalue weighted by molar-refractivity contribution is 0.501. The van der Waals surface area contributed by atoms with E-state index in [1.165, 1.54) is 0 Å². The third-order valence-corrected chi connectivity index (χ3v) is 2.75. The quantitative estimate of drug-likeness (QED) is 0.662. The third kappa shape index (κ3) is 6.02. The summed E-state index contributed by atoms with van der Waals surface area (Å²) in [5, 5.41) is 6.50. The molecule has 4 nitrogen and oxygen atoms in total. The van der Waals surface area contributed by atoms with Gasteiger partial charge in [0.05, 0.1) is 12.2 Å². The molecule has 5 heteroatoms. The Labute approximate surface area is 127 Å². The van der Waals surface area contributed by atoms with Crippen LogP contribution in [0.2, 0.25) is 0 Å². The molecule has 0 unspecified atom stereocenters. The molecule has 1 aromatic carbocycles. The lowest BCUT2D eigenvalue weighted by Crippen LogP contribution is -2.47. The van der Waals surface area contributed by atoms with E-state index >= 15 is 0 Å². The standard InChI is InChI=1S/C16H27FN4/c1-7-18-15(20-16(2,3)4)19-11-12-8-9-14(21(5)6)13(17)10-12/h8-10H,7,11H2,1-6H3,(H2,18,19,20). The van der Waals surface area contributed by atoms with Crippen molar-refractivity contribution >= 4 is 11.6 Å². The van der Waals surface area contributed by atoms with Crippen LogP contribution in [0.25, 0.3) is 0 Å². The lowest BCUT2D eigenvalue weighted by atomic mass is 10.1. The summed E-state index contributed by atoms with van der Waals surface area (Å²) in [4.78, 5) is 6.26. The van der Waals surface area contributed by atoms with Gasteiger partial charge in [0, 0.05) is 26.2 Å². The van der Waals surface area contributed by atoms with Crippen LogP contribution < -0.4 is 15.5 Å². The maximum atomic E-state index is 13.9. The summed E-state index contributed by atoms with van der Waals surface area (Å²) in [7, 11) is 3.65. The van der Waals surface area contributed by atoms with Crippen molar-refractivity contribution < 1.29 is 4.39 Å². The second-order valence-electron chi connectivity index (χ2n) is 6.25. The Bertz CT molecular complexity index is 490. The van der Waals surface area contributed by atoms with Crippen LogP contribution in [0.4, 0.5) is 10.1 Å². The monoisotopic (exact) mass is 294 g/mol.